The number of rotatable bonds is 6. The van der Waals surface area contributed by atoms with Crippen LogP contribution in [0.15, 0.2) is 78.4 Å². The van der Waals surface area contributed by atoms with Crippen molar-refractivity contribution in [2.75, 3.05) is 13.7 Å². The van der Waals surface area contributed by atoms with Crippen molar-refractivity contribution in [3.05, 3.63) is 105 Å². The van der Waals surface area contributed by atoms with Crippen molar-refractivity contribution in [1.82, 2.24) is 4.90 Å². The molecule has 1 saturated heterocycles. The maximum Gasteiger partial charge on any atom is 0.295 e. The first-order valence-electron chi connectivity index (χ1n) is 10.3. The summed E-state index contributed by atoms with van der Waals surface area (Å²) < 4.78 is 5.16. The summed E-state index contributed by atoms with van der Waals surface area (Å²) in [6.45, 7) is 0.291. The average molecular weight is 482 g/mol. The van der Waals surface area contributed by atoms with E-state index in [1.807, 2.05) is 30.3 Å². The monoisotopic (exact) mass is 481 g/mol. The van der Waals surface area contributed by atoms with E-state index in [1.54, 1.807) is 42.5 Å². The van der Waals surface area contributed by atoms with Gasteiger partial charge in [-0.05, 0) is 53.9 Å². The maximum absolute atomic E-state index is 13.1. The fourth-order valence-corrected chi connectivity index (χ4v) is 4.24. The molecule has 5 nitrogen and oxygen atoms in total. The van der Waals surface area contributed by atoms with Crippen LogP contribution in [0.4, 0.5) is 0 Å². The molecule has 1 heterocycles. The third-order valence-electron chi connectivity index (χ3n) is 5.65. The van der Waals surface area contributed by atoms with Crippen molar-refractivity contribution in [1.29, 1.82) is 0 Å². The first kappa shape index (κ1) is 22.9. The minimum Gasteiger partial charge on any atom is -0.507 e. The number of likely N-dealkylation sites (tertiary alicyclic amines) is 1. The molecule has 0 unspecified atom stereocenters. The van der Waals surface area contributed by atoms with Crippen LogP contribution in [-0.4, -0.2) is 35.4 Å². The van der Waals surface area contributed by atoms with Crippen molar-refractivity contribution < 1.29 is 19.4 Å². The smallest absolute Gasteiger partial charge is 0.295 e. The molecule has 3 aromatic rings. The highest BCUT2D eigenvalue weighted by Crippen LogP contribution is 2.41. The Morgan fingerprint density at radius 2 is 1.67 bits per heavy atom. The van der Waals surface area contributed by atoms with E-state index in [0.29, 0.717) is 39.9 Å². The van der Waals surface area contributed by atoms with E-state index in [-0.39, 0.29) is 11.3 Å². The third-order valence-corrected chi connectivity index (χ3v) is 6.39. The number of ether oxygens (including phenoxy) is 1. The van der Waals surface area contributed by atoms with E-state index in [2.05, 4.69) is 0 Å². The summed E-state index contributed by atoms with van der Waals surface area (Å²) in [4.78, 5) is 27.6. The zero-order chi connectivity index (χ0) is 23.5. The number of methoxy groups -OCH3 is 1. The fraction of sp³-hybridized carbons (Fsp3) is 0.154. The lowest BCUT2D eigenvalue weighted by atomic mass is 9.95. The molecule has 1 aliphatic rings. The summed E-state index contributed by atoms with van der Waals surface area (Å²) in [7, 11) is 1.54. The van der Waals surface area contributed by atoms with Gasteiger partial charge in [0.15, 0.2) is 0 Å². The van der Waals surface area contributed by atoms with Crippen LogP contribution in [0, 0.1) is 0 Å². The summed E-state index contributed by atoms with van der Waals surface area (Å²) in [6.07, 6.45) is 0.550. The number of carbonyl (C=O) groups excluding carboxylic acids is 2. The molecule has 0 bridgehead atoms. The van der Waals surface area contributed by atoms with Gasteiger partial charge in [-0.3, -0.25) is 9.59 Å². The third kappa shape index (κ3) is 4.61. The van der Waals surface area contributed by atoms with Crippen LogP contribution in [0.2, 0.25) is 10.0 Å². The number of Topliss-reactive ketones (excluding diaryl/α,β-unsaturated/α-hetero) is 1. The molecule has 0 spiro atoms. The minimum absolute atomic E-state index is 0.0108. The average Bonchev–Trinajstić information content (AvgIpc) is 3.09. The summed E-state index contributed by atoms with van der Waals surface area (Å²) in [5.74, 6) is -1.06. The van der Waals surface area contributed by atoms with E-state index < -0.39 is 17.7 Å². The molecule has 1 amide bonds. The van der Waals surface area contributed by atoms with Crippen molar-refractivity contribution in [2.45, 2.75) is 12.5 Å². The molecule has 0 saturated carbocycles. The van der Waals surface area contributed by atoms with Gasteiger partial charge in [0.2, 0.25) is 0 Å². The fourth-order valence-electron chi connectivity index (χ4n) is 3.94. The molecule has 7 heteroatoms. The molecule has 1 aliphatic heterocycles. The van der Waals surface area contributed by atoms with Gasteiger partial charge < -0.3 is 14.7 Å². The van der Waals surface area contributed by atoms with Crippen molar-refractivity contribution >= 4 is 40.7 Å². The molecule has 4 rings (SSSR count). The zero-order valence-corrected chi connectivity index (χ0v) is 19.3. The number of aliphatic hydroxyl groups is 1. The van der Waals surface area contributed by atoms with E-state index in [4.69, 9.17) is 27.9 Å². The summed E-state index contributed by atoms with van der Waals surface area (Å²) >= 11 is 12.3. The lowest BCUT2D eigenvalue weighted by Gasteiger charge is -2.25. The van der Waals surface area contributed by atoms with Gasteiger partial charge in [0.25, 0.3) is 11.7 Å². The molecule has 0 aromatic heterocycles. The van der Waals surface area contributed by atoms with Gasteiger partial charge in [-0.2, -0.15) is 0 Å². The van der Waals surface area contributed by atoms with Gasteiger partial charge in [-0.1, -0.05) is 59.6 Å². The predicted octanol–water partition coefficient (Wildman–Crippen LogP) is 5.67. The quantitative estimate of drug-likeness (QED) is 0.280. The Labute approximate surface area is 201 Å². The maximum atomic E-state index is 13.1. The van der Waals surface area contributed by atoms with Crippen LogP contribution in [0.3, 0.4) is 0 Å². The number of benzene rings is 3. The zero-order valence-electron chi connectivity index (χ0n) is 17.8. The Balaban J connectivity index is 1.79. The number of halogens is 2. The van der Waals surface area contributed by atoms with E-state index >= 15 is 0 Å². The molecular weight excluding hydrogens is 461 g/mol. The van der Waals surface area contributed by atoms with E-state index in [1.165, 1.54) is 12.0 Å². The topological polar surface area (TPSA) is 66.8 Å². The second-order valence-electron chi connectivity index (χ2n) is 7.63. The standard InChI is InChI=1S/C26H21Cl2NO4/c1-33-19-10-7-17(8-11-19)24(30)22-23(18-9-12-20(27)21(28)15-18)29(26(32)25(22)31)14-13-16-5-3-2-4-6-16/h2-12,15,23,30H,13-14H2,1H3/t23-/m0/s1. The van der Waals surface area contributed by atoms with Gasteiger partial charge >= 0.3 is 0 Å². The van der Waals surface area contributed by atoms with Crippen LogP contribution in [0.1, 0.15) is 22.7 Å². The number of ketones is 1. The second-order valence-corrected chi connectivity index (χ2v) is 8.44. The van der Waals surface area contributed by atoms with Crippen molar-refractivity contribution in [3.63, 3.8) is 0 Å². The first-order chi connectivity index (χ1) is 15.9. The molecular formula is C26H21Cl2NO4. The number of aliphatic hydroxyl groups excluding tert-OH is 1. The molecule has 168 valence electrons. The number of hydrogen-bond acceptors (Lipinski definition) is 4. The van der Waals surface area contributed by atoms with E-state index in [9.17, 15) is 14.7 Å². The first-order valence-corrected chi connectivity index (χ1v) is 11.1. The highest BCUT2D eigenvalue weighted by Gasteiger charge is 2.46. The lowest BCUT2D eigenvalue weighted by molar-refractivity contribution is -0.139. The number of carbonyl (C=O) groups is 2. The molecule has 1 fully saturated rings. The molecule has 0 aliphatic carbocycles. The van der Waals surface area contributed by atoms with Crippen molar-refractivity contribution in [2.24, 2.45) is 0 Å². The van der Waals surface area contributed by atoms with E-state index in [0.717, 1.165) is 5.56 Å². The van der Waals surface area contributed by atoms with Gasteiger partial charge in [0.05, 0.1) is 28.8 Å². The summed E-state index contributed by atoms with van der Waals surface area (Å²) in [5.41, 5.74) is 2.03. The summed E-state index contributed by atoms with van der Waals surface area (Å²) in [5, 5.41) is 11.8. The van der Waals surface area contributed by atoms with Gasteiger partial charge in [-0.15, -0.1) is 0 Å². The Hall–Kier alpha value is -3.28. The van der Waals surface area contributed by atoms with Crippen LogP contribution < -0.4 is 4.74 Å². The SMILES string of the molecule is COc1ccc(C(O)=C2C(=O)C(=O)N(CCc3ccccc3)[C@H]2c2ccc(Cl)c(Cl)c2)cc1. The lowest BCUT2D eigenvalue weighted by Crippen LogP contribution is -2.31. The van der Waals surface area contributed by atoms with Crippen LogP contribution >= 0.6 is 23.2 Å². The van der Waals surface area contributed by atoms with Gasteiger partial charge in [0.1, 0.15) is 11.5 Å². The van der Waals surface area contributed by atoms with Gasteiger partial charge in [-0.25, -0.2) is 0 Å². The Kier molecular flexibility index (Phi) is 6.72. The Bertz CT molecular complexity index is 1220. The highest BCUT2D eigenvalue weighted by atomic mass is 35.5. The molecule has 1 atom stereocenters. The predicted molar refractivity (Wildman–Crippen MR) is 129 cm³/mol. The largest absolute Gasteiger partial charge is 0.507 e. The molecule has 33 heavy (non-hydrogen) atoms. The second kappa shape index (κ2) is 9.69. The molecule has 3 aromatic carbocycles. The number of hydrogen-bond donors (Lipinski definition) is 1. The normalized spacial score (nSPS) is 17.4. The Morgan fingerprint density at radius 3 is 2.30 bits per heavy atom. The molecule has 1 N–H and O–H groups in total. The van der Waals surface area contributed by atoms with Crippen LogP contribution in [-0.2, 0) is 16.0 Å². The minimum atomic E-state index is -0.800. The van der Waals surface area contributed by atoms with Gasteiger partial charge in [0, 0.05) is 12.1 Å². The van der Waals surface area contributed by atoms with Crippen molar-refractivity contribution in [3.8, 4) is 5.75 Å². The van der Waals surface area contributed by atoms with Crippen LogP contribution in [0.5, 0.6) is 5.75 Å². The highest BCUT2D eigenvalue weighted by molar-refractivity contribution is 6.46. The number of amides is 1. The number of nitrogens with zero attached hydrogens (tertiary/aromatic N) is 1. The molecule has 0 radical (unpaired) electrons. The Morgan fingerprint density at radius 1 is 0.970 bits per heavy atom. The van der Waals surface area contributed by atoms with Crippen LogP contribution in [0.25, 0.3) is 5.76 Å². The summed E-state index contributed by atoms with van der Waals surface area (Å²) in [6, 6.07) is 20.4.